The number of carbonyl (C=O) groups is 2. The molecule has 0 saturated heterocycles. The first-order chi connectivity index (χ1) is 6.18. The van der Waals surface area contributed by atoms with Crippen molar-refractivity contribution in [2.45, 2.75) is 0 Å². The van der Waals surface area contributed by atoms with Crippen LogP contribution in [0.5, 0.6) is 0 Å². The Hall–Kier alpha value is -2.05. The SMILES string of the molecule is NC(=O)CNC(=O)Nc1ncco1. The van der Waals surface area contributed by atoms with E-state index in [1.54, 1.807) is 0 Å². The highest BCUT2D eigenvalue weighted by Crippen LogP contribution is 1.99. The summed E-state index contributed by atoms with van der Waals surface area (Å²) in [6, 6.07) is -0.539. The van der Waals surface area contributed by atoms with E-state index < -0.39 is 11.9 Å². The molecule has 13 heavy (non-hydrogen) atoms. The Labute approximate surface area is 73.3 Å². The van der Waals surface area contributed by atoms with Crippen molar-refractivity contribution in [1.82, 2.24) is 10.3 Å². The Morgan fingerprint density at radius 1 is 1.62 bits per heavy atom. The topological polar surface area (TPSA) is 110 Å². The predicted octanol–water partition coefficient (Wildman–Crippen LogP) is -0.719. The molecular weight excluding hydrogens is 176 g/mol. The normalized spacial score (nSPS) is 9.23. The predicted molar refractivity (Wildman–Crippen MR) is 42.7 cm³/mol. The van der Waals surface area contributed by atoms with Crippen LogP contribution in [0.1, 0.15) is 0 Å². The minimum absolute atomic E-state index is 0.0574. The first-order valence-corrected chi connectivity index (χ1v) is 3.41. The monoisotopic (exact) mass is 184 g/mol. The molecule has 0 aliphatic carbocycles. The summed E-state index contributed by atoms with van der Waals surface area (Å²) < 4.78 is 4.71. The maximum Gasteiger partial charge on any atom is 0.323 e. The Morgan fingerprint density at radius 3 is 2.92 bits per heavy atom. The molecule has 0 unspecified atom stereocenters. The number of primary amides is 1. The van der Waals surface area contributed by atoms with Gasteiger partial charge in [0.25, 0.3) is 0 Å². The summed E-state index contributed by atoms with van der Waals surface area (Å²) in [6.45, 7) is -0.230. The third-order valence-corrected chi connectivity index (χ3v) is 1.08. The summed E-state index contributed by atoms with van der Waals surface area (Å²) >= 11 is 0. The Kier molecular flexibility index (Phi) is 2.85. The van der Waals surface area contributed by atoms with Gasteiger partial charge in [0.2, 0.25) is 5.91 Å². The van der Waals surface area contributed by atoms with Crippen molar-refractivity contribution in [3.05, 3.63) is 12.5 Å². The smallest absolute Gasteiger partial charge is 0.323 e. The highest BCUT2D eigenvalue weighted by Gasteiger charge is 2.04. The first-order valence-electron chi connectivity index (χ1n) is 3.41. The van der Waals surface area contributed by atoms with Gasteiger partial charge in [0.15, 0.2) is 0 Å². The van der Waals surface area contributed by atoms with Crippen molar-refractivity contribution in [3.8, 4) is 0 Å². The minimum Gasteiger partial charge on any atom is -0.432 e. The van der Waals surface area contributed by atoms with Crippen LogP contribution in [0.15, 0.2) is 16.9 Å². The van der Waals surface area contributed by atoms with Gasteiger partial charge >= 0.3 is 12.0 Å². The van der Waals surface area contributed by atoms with Gasteiger partial charge in [-0.1, -0.05) is 0 Å². The first kappa shape index (κ1) is 9.04. The third-order valence-electron chi connectivity index (χ3n) is 1.08. The molecule has 0 bridgehead atoms. The highest BCUT2D eigenvalue weighted by molar-refractivity contribution is 5.90. The van der Waals surface area contributed by atoms with Crippen molar-refractivity contribution in [2.75, 3.05) is 11.9 Å². The molecule has 70 valence electrons. The second-order valence-corrected chi connectivity index (χ2v) is 2.11. The molecule has 7 heteroatoms. The number of nitrogens with zero attached hydrogens (tertiary/aromatic N) is 1. The maximum atomic E-state index is 10.9. The van der Waals surface area contributed by atoms with E-state index in [-0.39, 0.29) is 12.6 Å². The molecule has 0 atom stereocenters. The molecule has 7 nitrogen and oxygen atoms in total. The molecular formula is C6H8N4O3. The van der Waals surface area contributed by atoms with Crippen molar-refractivity contribution in [2.24, 2.45) is 5.73 Å². The molecule has 1 heterocycles. The van der Waals surface area contributed by atoms with Gasteiger partial charge < -0.3 is 15.5 Å². The number of hydrogen-bond acceptors (Lipinski definition) is 4. The number of aromatic nitrogens is 1. The van der Waals surface area contributed by atoms with Crippen LogP contribution in [0.3, 0.4) is 0 Å². The summed E-state index contributed by atoms with van der Waals surface area (Å²) in [4.78, 5) is 24.8. The minimum atomic E-state index is -0.623. The maximum absolute atomic E-state index is 10.9. The number of oxazole rings is 1. The lowest BCUT2D eigenvalue weighted by atomic mass is 10.6. The summed E-state index contributed by atoms with van der Waals surface area (Å²) in [6.07, 6.45) is 2.69. The van der Waals surface area contributed by atoms with E-state index in [1.807, 2.05) is 0 Å². The van der Waals surface area contributed by atoms with Crippen LogP contribution in [0.4, 0.5) is 10.8 Å². The molecule has 1 aromatic heterocycles. The largest absolute Gasteiger partial charge is 0.432 e. The van der Waals surface area contributed by atoms with Crippen LogP contribution in [-0.4, -0.2) is 23.5 Å². The van der Waals surface area contributed by atoms with E-state index in [2.05, 4.69) is 15.6 Å². The fourth-order valence-electron chi connectivity index (χ4n) is 0.594. The summed E-state index contributed by atoms with van der Waals surface area (Å²) in [5.74, 6) is -0.623. The zero-order chi connectivity index (χ0) is 9.68. The standard InChI is InChI=1S/C6H8N4O3/c7-4(11)3-9-5(12)10-6-8-1-2-13-6/h1-2H,3H2,(H2,7,11)(H2,8,9,10,12). The summed E-state index contributed by atoms with van der Waals surface area (Å²) in [5, 5.41) is 4.44. The Balaban J connectivity index is 2.30. The van der Waals surface area contributed by atoms with Gasteiger partial charge in [-0.15, -0.1) is 0 Å². The van der Waals surface area contributed by atoms with E-state index in [9.17, 15) is 9.59 Å². The average Bonchev–Trinajstić information content (AvgIpc) is 2.53. The van der Waals surface area contributed by atoms with Crippen molar-refractivity contribution < 1.29 is 14.0 Å². The fraction of sp³-hybridized carbons (Fsp3) is 0.167. The number of anilines is 1. The van der Waals surface area contributed by atoms with Crippen LogP contribution in [-0.2, 0) is 4.79 Å². The van der Waals surface area contributed by atoms with Gasteiger partial charge in [-0.3, -0.25) is 10.1 Å². The van der Waals surface area contributed by atoms with Gasteiger partial charge in [-0.05, 0) is 0 Å². The van der Waals surface area contributed by atoms with Crippen LogP contribution in [0, 0.1) is 0 Å². The third kappa shape index (κ3) is 3.23. The van der Waals surface area contributed by atoms with E-state index in [1.165, 1.54) is 12.5 Å². The second-order valence-electron chi connectivity index (χ2n) is 2.11. The molecule has 0 saturated carbocycles. The molecule has 0 aromatic carbocycles. The summed E-state index contributed by atoms with van der Waals surface area (Å²) in [7, 11) is 0. The number of hydrogen-bond donors (Lipinski definition) is 3. The summed E-state index contributed by atoms with van der Waals surface area (Å²) in [5.41, 5.74) is 4.79. The molecule has 1 aromatic rings. The van der Waals surface area contributed by atoms with Crippen LogP contribution < -0.4 is 16.4 Å². The van der Waals surface area contributed by atoms with Crippen molar-refractivity contribution in [1.29, 1.82) is 0 Å². The van der Waals surface area contributed by atoms with Crippen molar-refractivity contribution in [3.63, 3.8) is 0 Å². The van der Waals surface area contributed by atoms with Crippen molar-refractivity contribution >= 4 is 18.0 Å². The second kappa shape index (κ2) is 4.10. The number of urea groups is 1. The van der Waals surface area contributed by atoms with Crippen LogP contribution in [0.25, 0.3) is 0 Å². The van der Waals surface area contributed by atoms with E-state index >= 15 is 0 Å². The van der Waals surface area contributed by atoms with E-state index in [0.717, 1.165) is 0 Å². The zero-order valence-corrected chi connectivity index (χ0v) is 6.61. The lowest BCUT2D eigenvalue weighted by Gasteiger charge is -2.00. The van der Waals surface area contributed by atoms with E-state index in [0.29, 0.717) is 0 Å². The average molecular weight is 184 g/mol. The highest BCUT2D eigenvalue weighted by atomic mass is 16.4. The van der Waals surface area contributed by atoms with Gasteiger partial charge in [-0.2, -0.15) is 0 Å². The number of rotatable bonds is 3. The molecule has 1 rings (SSSR count). The quantitative estimate of drug-likeness (QED) is 0.575. The van der Waals surface area contributed by atoms with Gasteiger partial charge in [0, 0.05) is 0 Å². The van der Waals surface area contributed by atoms with Gasteiger partial charge in [0.05, 0.1) is 12.7 Å². The molecule has 0 fully saturated rings. The molecule has 0 spiro atoms. The lowest BCUT2D eigenvalue weighted by molar-refractivity contribution is -0.117. The van der Waals surface area contributed by atoms with Gasteiger partial charge in [-0.25, -0.2) is 9.78 Å². The van der Waals surface area contributed by atoms with E-state index in [4.69, 9.17) is 10.2 Å². The number of nitrogens with one attached hydrogen (secondary N) is 2. The molecule has 3 amide bonds. The zero-order valence-electron chi connectivity index (χ0n) is 6.61. The number of carbonyl (C=O) groups excluding carboxylic acids is 2. The number of amides is 3. The Morgan fingerprint density at radius 2 is 2.38 bits per heavy atom. The van der Waals surface area contributed by atoms with Gasteiger partial charge in [0.1, 0.15) is 6.26 Å². The molecule has 0 aliphatic heterocycles. The molecule has 0 aliphatic rings. The molecule has 4 N–H and O–H groups in total. The fourth-order valence-corrected chi connectivity index (χ4v) is 0.594. The number of nitrogens with two attached hydrogens (primary N) is 1. The molecule has 0 radical (unpaired) electrons. The van der Waals surface area contributed by atoms with Crippen LogP contribution in [0.2, 0.25) is 0 Å². The Bertz CT molecular complexity index is 295. The van der Waals surface area contributed by atoms with Crippen LogP contribution >= 0.6 is 0 Å². The lowest BCUT2D eigenvalue weighted by Crippen LogP contribution is -2.36.